The van der Waals surface area contributed by atoms with Crippen molar-refractivity contribution in [2.45, 2.75) is 30.9 Å². The molecule has 0 spiro atoms. The van der Waals surface area contributed by atoms with Crippen LogP contribution < -0.4 is 0 Å². The number of carbonyl (C=O) groups is 1. The van der Waals surface area contributed by atoms with Crippen LogP contribution in [-0.4, -0.2) is 47.8 Å². The van der Waals surface area contributed by atoms with Gasteiger partial charge in [0.1, 0.15) is 5.54 Å². The first kappa shape index (κ1) is 8.97. The minimum atomic E-state index is -0.676. The van der Waals surface area contributed by atoms with Crippen molar-refractivity contribution in [3.8, 4) is 0 Å². The molecule has 2 aliphatic rings. The van der Waals surface area contributed by atoms with Gasteiger partial charge in [-0.15, -0.1) is 0 Å². The molecule has 74 valence electrons. The van der Waals surface area contributed by atoms with Gasteiger partial charge in [-0.1, -0.05) is 0 Å². The maximum absolute atomic E-state index is 11.2. The van der Waals surface area contributed by atoms with Crippen molar-refractivity contribution in [2.24, 2.45) is 0 Å². The Balaban J connectivity index is 2.20. The Kier molecular flexibility index (Phi) is 2.04. The summed E-state index contributed by atoms with van der Waals surface area (Å²) >= 11 is 0. The number of fused-ring (bicyclic) bond motifs is 1. The van der Waals surface area contributed by atoms with Crippen LogP contribution in [0.25, 0.3) is 0 Å². The predicted molar refractivity (Wildman–Crippen MR) is 46.6 cm³/mol. The highest BCUT2D eigenvalue weighted by Crippen LogP contribution is 2.39. The highest BCUT2D eigenvalue weighted by Gasteiger charge is 2.53. The normalized spacial score (nSPS) is 39.3. The van der Waals surface area contributed by atoms with Crippen LogP contribution in [0.15, 0.2) is 0 Å². The number of hydrogen-bond donors (Lipinski definition) is 1. The molecule has 0 aromatic rings. The Labute approximate surface area is 77.5 Å². The van der Waals surface area contributed by atoms with Crippen LogP contribution in [0.1, 0.15) is 19.3 Å². The highest BCUT2D eigenvalue weighted by molar-refractivity contribution is 5.79. The van der Waals surface area contributed by atoms with Crippen molar-refractivity contribution in [1.82, 2.24) is 4.90 Å². The van der Waals surface area contributed by atoms with Crippen LogP contribution in [0, 0.1) is 0 Å². The molecule has 0 radical (unpaired) electrons. The summed E-state index contributed by atoms with van der Waals surface area (Å²) in [4.78, 5) is 13.2. The standard InChI is InChI=1S/C9H15NO3/c1-13-7-5-9(8(11)12)3-2-4-10(9)6-7/h7H,2-6H2,1H3,(H,11,12)/t7-,9-/m0/s1. The van der Waals surface area contributed by atoms with Crippen molar-refractivity contribution in [3.63, 3.8) is 0 Å². The maximum Gasteiger partial charge on any atom is 0.324 e. The van der Waals surface area contributed by atoms with Gasteiger partial charge in [0.05, 0.1) is 6.10 Å². The van der Waals surface area contributed by atoms with Gasteiger partial charge >= 0.3 is 5.97 Å². The summed E-state index contributed by atoms with van der Waals surface area (Å²) in [5.41, 5.74) is -0.597. The molecule has 1 N–H and O–H groups in total. The van der Waals surface area contributed by atoms with Gasteiger partial charge in [0.2, 0.25) is 0 Å². The number of carboxylic acids is 1. The summed E-state index contributed by atoms with van der Waals surface area (Å²) in [6, 6.07) is 0. The Morgan fingerprint density at radius 3 is 3.00 bits per heavy atom. The molecule has 2 rings (SSSR count). The lowest BCUT2D eigenvalue weighted by molar-refractivity contribution is -0.148. The zero-order chi connectivity index (χ0) is 9.47. The summed E-state index contributed by atoms with van der Waals surface area (Å²) in [7, 11) is 1.66. The topological polar surface area (TPSA) is 49.8 Å². The van der Waals surface area contributed by atoms with Crippen LogP contribution in [0.2, 0.25) is 0 Å². The fourth-order valence-corrected chi connectivity index (χ4v) is 2.61. The molecule has 4 heteroatoms. The van der Waals surface area contributed by atoms with Crippen molar-refractivity contribution in [3.05, 3.63) is 0 Å². The van der Waals surface area contributed by atoms with E-state index in [2.05, 4.69) is 4.90 Å². The number of nitrogens with zero attached hydrogens (tertiary/aromatic N) is 1. The number of ether oxygens (including phenoxy) is 1. The zero-order valence-corrected chi connectivity index (χ0v) is 7.82. The van der Waals surface area contributed by atoms with Crippen molar-refractivity contribution < 1.29 is 14.6 Å². The zero-order valence-electron chi connectivity index (χ0n) is 7.82. The third kappa shape index (κ3) is 1.16. The van der Waals surface area contributed by atoms with E-state index in [1.807, 2.05) is 0 Å². The smallest absolute Gasteiger partial charge is 0.324 e. The number of carboxylic acid groups (broad SMARTS) is 1. The molecule has 0 bridgehead atoms. The molecule has 0 amide bonds. The molecule has 2 atom stereocenters. The molecule has 2 heterocycles. The second-order valence-electron chi connectivity index (χ2n) is 3.95. The molecular formula is C9H15NO3. The van der Waals surface area contributed by atoms with E-state index in [0.29, 0.717) is 6.42 Å². The number of aliphatic carboxylic acids is 1. The van der Waals surface area contributed by atoms with Gasteiger partial charge in [-0.25, -0.2) is 0 Å². The van der Waals surface area contributed by atoms with Crippen molar-refractivity contribution in [1.29, 1.82) is 0 Å². The molecule has 0 saturated carbocycles. The van der Waals surface area contributed by atoms with E-state index < -0.39 is 11.5 Å². The second-order valence-corrected chi connectivity index (χ2v) is 3.95. The van der Waals surface area contributed by atoms with Crippen molar-refractivity contribution in [2.75, 3.05) is 20.2 Å². The molecule has 0 aromatic heterocycles. The number of rotatable bonds is 2. The summed E-state index contributed by atoms with van der Waals surface area (Å²) in [5, 5.41) is 9.19. The maximum atomic E-state index is 11.2. The largest absolute Gasteiger partial charge is 0.480 e. The van der Waals surface area contributed by atoms with E-state index >= 15 is 0 Å². The monoisotopic (exact) mass is 185 g/mol. The molecular weight excluding hydrogens is 170 g/mol. The summed E-state index contributed by atoms with van der Waals surface area (Å²) in [6.45, 7) is 1.69. The van der Waals surface area contributed by atoms with E-state index in [1.54, 1.807) is 7.11 Å². The number of methoxy groups -OCH3 is 1. The molecule has 4 nitrogen and oxygen atoms in total. The third-order valence-corrected chi connectivity index (χ3v) is 3.34. The predicted octanol–water partition coefficient (Wildman–Crippen LogP) is 0.324. The van der Waals surface area contributed by atoms with Crippen LogP contribution >= 0.6 is 0 Å². The first-order valence-corrected chi connectivity index (χ1v) is 4.70. The minimum absolute atomic E-state index is 0.108. The lowest BCUT2D eigenvalue weighted by Crippen LogP contribution is -2.45. The van der Waals surface area contributed by atoms with E-state index in [0.717, 1.165) is 25.9 Å². The second kappa shape index (κ2) is 2.96. The quantitative estimate of drug-likeness (QED) is 0.673. The molecule has 2 aliphatic heterocycles. The van der Waals surface area contributed by atoms with E-state index in [-0.39, 0.29) is 6.10 Å². The summed E-state index contributed by atoms with van der Waals surface area (Å²) in [5.74, 6) is -0.676. The van der Waals surface area contributed by atoms with Gasteiger partial charge < -0.3 is 9.84 Å². The van der Waals surface area contributed by atoms with Gasteiger partial charge in [-0.3, -0.25) is 9.69 Å². The molecule has 0 aliphatic carbocycles. The first-order chi connectivity index (χ1) is 6.19. The van der Waals surface area contributed by atoms with Gasteiger partial charge in [-0.2, -0.15) is 0 Å². The molecule has 2 saturated heterocycles. The molecule has 0 aromatic carbocycles. The fourth-order valence-electron chi connectivity index (χ4n) is 2.61. The van der Waals surface area contributed by atoms with Crippen molar-refractivity contribution >= 4 is 5.97 Å². The Hall–Kier alpha value is -0.610. The summed E-state index contributed by atoms with van der Waals surface area (Å²) in [6.07, 6.45) is 2.54. The van der Waals surface area contributed by atoms with Crippen LogP contribution in [0.4, 0.5) is 0 Å². The summed E-state index contributed by atoms with van der Waals surface area (Å²) < 4.78 is 5.22. The fraction of sp³-hybridized carbons (Fsp3) is 0.889. The van der Waals surface area contributed by atoms with Gasteiger partial charge in [-0.05, 0) is 19.4 Å². The SMILES string of the molecule is CO[C@@H]1CN2CCC[C@@]2(C(=O)O)C1. The highest BCUT2D eigenvalue weighted by atomic mass is 16.5. The van der Waals surface area contributed by atoms with Gasteiger partial charge in [0.25, 0.3) is 0 Å². The molecule has 0 unspecified atom stereocenters. The third-order valence-electron chi connectivity index (χ3n) is 3.34. The van der Waals surface area contributed by atoms with E-state index in [1.165, 1.54) is 0 Å². The Morgan fingerprint density at radius 1 is 1.69 bits per heavy atom. The van der Waals surface area contributed by atoms with Crippen LogP contribution in [-0.2, 0) is 9.53 Å². The average Bonchev–Trinajstić information content (AvgIpc) is 2.58. The van der Waals surface area contributed by atoms with Crippen LogP contribution in [0.3, 0.4) is 0 Å². The van der Waals surface area contributed by atoms with Gasteiger partial charge in [0, 0.05) is 20.1 Å². The van der Waals surface area contributed by atoms with Gasteiger partial charge in [0.15, 0.2) is 0 Å². The van der Waals surface area contributed by atoms with Crippen LogP contribution in [0.5, 0.6) is 0 Å². The Bertz CT molecular complexity index is 231. The molecule has 2 fully saturated rings. The Morgan fingerprint density at radius 2 is 2.46 bits per heavy atom. The minimum Gasteiger partial charge on any atom is -0.480 e. The van der Waals surface area contributed by atoms with E-state index in [4.69, 9.17) is 4.74 Å². The average molecular weight is 185 g/mol. The number of hydrogen-bond acceptors (Lipinski definition) is 3. The lowest BCUT2D eigenvalue weighted by Gasteiger charge is -2.26. The molecule has 13 heavy (non-hydrogen) atoms. The van der Waals surface area contributed by atoms with E-state index in [9.17, 15) is 9.90 Å². The lowest BCUT2D eigenvalue weighted by atomic mass is 9.94. The first-order valence-electron chi connectivity index (χ1n) is 4.70.